The molecule has 3 rings (SSSR count). The fourth-order valence-corrected chi connectivity index (χ4v) is 4.61. The summed E-state index contributed by atoms with van der Waals surface area (Å²) in [5.74, 6) is -0.737. The van der Waals surface area contributed by atoms with E-state index in [1.165, 1.54) is 37.1 Å². The van der Waals surface area contributed by atoms with Crippen LogP contribution < -0.4 is 10.6 Å². The van der Waals surface area contributed by atoms with Gasteiger partial charge in [0, 0.05) is 28.5 Å². The molecule has 160 valence electrons. The van der Waals surface area contributed by atoms with Crippen molar-refractivity contribution in [2.24, 2.45) is 0 Å². The van der Waals surface area contributed by atoms with E-state index in [1.54, 1.807) is 12.1 Å². The Kier molecular flexibility index (Phi) is 7.49. The number of thiophene rings is 1. The van der Waals surface area contributed by atoms with Crippen LogP contribution in [0.5, 0.6) is 0 Å². The maximum absolute atomic E-state index is 12.6. The summed E-state index contributed by atoms with van der Waals surface area (Å²) in [7, 11) is 1.32. The number of thioether (sulfide) groups is 1. The number of ether oxygens (including phenoxy) is 1. The maximum Gasteiger partial charge on any atom is 0.341 e. The zero-order chi connectivity index (χ0) is 22.4. The topological polar surface area (TPSA) is 84.5 Å². The average Bonchev–Trinajstić information content (AvgIpc) is 3.15. The molecule has 0 radical (unpaired) electrons. The lowest BCUT2D eigenvalue weighted by atomic mass is 10.0. The lowest BCUT2D eigenvalue weighted by Gasteiger charge is -2.09. The second-order valence-electron chi connectivity index (χ2n) is 6.76. The number of methoxy groups -OCH3 is 1. The molecule has 0 saturated heterocycles. The van der Waals surface area contributed by atoms with Gasteiger partial charge in [0.2, 0.25) is 11.8 Å². The van der Waals surface area contributed by atoms with Gasteiger partial charge in [0.1, 0.15) is 10.6 Å². The molecule has 6 nitrogen and oxygen atoms in total. The van der Waals surface area contributed by atoms with Crippen LogP contribution >= 0.6 is 23.1 Å². The van der Waals surface area contributed by atoms with E-state index < -0.39 is 5.97 Å². The van der Waals surface area contributed by atoms with E-state index in [-0.39, 0.29) is 17.6 Å². The van der Waals surface area contributed by atoms with Crippen molar-refractivity contribution in [1.29, 1.82) is 0 Å². The van der Waals surface area contributed by atoms with Crippen LogP contribution in [0, 0.1) is 6.92 Å². The van der Waals surface area contributed by atoms with Gasteiger partial charge in [-0.1, -0.05) is 35.9 Å². The van der Waals surface area contributed by atoms with Crippen LogP contribution in [0.15, 0.2) is 58.8 Å². The van der Waals surface area contributed by atoms with Gasteiger partial charge in [-0.2, -0.15) is 0 Å². The number of hydrogen-bond donors (Lipinski definition) is 2. The van der Waals surface area contributed by atoms with Gasteiger partial charge in [0.05, 0.1) is 12.9 Å². The van der Waals surface area contributed by atoms with Gasteiger partial charge in [-0.05, 0) is 30.7 Å². The summed E-state index contributed by atoms with van der Waals surface area (Å²) < 4.78 is 4.95. The SMILES string of the molecule is COC(=O)c1c(-c2ccc(C)cc2)csc1NC(=O)CSc1cccc(NC(C)=O)c1. The molecule has 0 saturated carbocycles. The van der Waals surface area contributed by atoms with Gasteiger partial charge in [0.15, 0.2) is 0 Å². The Bertz CT molecular complexity index is 1110. The van der Waals surface area contributed by atoms with Gasteiger partial charge >= 0.3 is 5.97 Å². The van der Waals surface area contributed by atoms with Crippen molar-refractivity contribution >= 4 is 51.6 Å². The van der Waals surface area contributed by atoms with Crippen LogP contribution in [0.1, 0.15) is 22.8 Å². The normalized spacial score (nSPS) is 10.4. The quantitative estimate of drug-likeness (QED) is 0.379. The number of carbonyl (C=O) groups excluding carboxylic acids is 3. The summed E-state index contributed by atoms with van der Waals surface area (Å²) in [6.45, 7) is 3.44. The highest BCUT2D eigenvalue weighted by Crippen LogP contribution is 2.36. The fraction of sp³-hybridized carbons (Fsp3) is 0.174. The number of aryl methyl sites for hydroxylation is 1. The molecule has 3 aromatic rings. The fourth-order valence-electron chi connectivity index (χ4n) is 2.88. The number of hydrogen-bond acceptors (Lipinski definition) is 6. The first kappa shape index (κ1) is 22.6. The zero-order valence-electron chi connectivity index (χ0n) is 17.4. The van der Waals surface area contributed by atoms with E-state index in [2.05, 4.69) is 10.6 Å². The number of carbonyl (C=O) groups is 3. The molecule has 0 atom stereocenters. The van der Waals surface area contributed by atoms with Crippen molar-refractivity contribution in [2.75, 3.05) is 23.5 Å². The maximum atomic E-state index is 12.6. The molecule has 0 aliphatic rings. The van der Waals surface area contributed by atoms with Gasteiger partial charge in [-0.3, -0.25) is 9.59 Å². The van der Waals surface area contributed by atoms with Crippen molar-refractivity contribution in [3.05, 3.63) is 65.0 Å². The molecule has 31 heavy (non-hydrogen) atoms. The van der Waals surface area contributed by atoms with Crippen molar-refractivity contribution in [3.8, 4) is 11.1 Å². The minimum absolute atomic E-state index is 0.155. The van der Waals surface area contributed by atoms with Crippen LogP contribution in [-0.4, -0.2) is 30.6 Å². The summed E-state index contributed by atoms with van der Waals surface area (Å²) in [4.78, 5) is 37.0. The predicted octanol–water partition coefficient (Wildman–Crippen LogP) is 5.20. The summed E-state index contributed by atoms with van der Waals surface area (Å²) in [6.07, 6.45) is 0. The molecule has 8 heteroatoms. The van der Waals surface area contributed by atoms with Crippen LogP contribution in [0.2, 0.25) is 0 Å². The minimum Gasteiger partial charge on any atom is -0.465 e. The number of benzene rings is 2. The van der Waals surface area contributed by atoms with Gasteiger partial charge < -0.3 is 15.4 Å². The van der Waals surface area contributed by atoms with E-state index in [0.717, 1.165) is 21.6 Å². The predicted molar refractivity (Wildman–Crippen MR) is 126 cm³/mol. The minimum atomic E-state index is -0.497. The van der Waals surface area contributed by atoms with Gasteiger partial charge in [-0.15, -0.1) is 23.1 Å². The van der Waals surface area contributed by atoms with Crippen LogP contribution in [0.25, 0.3) is 11.1 Å². The molecular formula is C23H22N2O4S2. The molecular weight excluding hydrogens is 432 g/mol. The van der Waals surface area contributed by atoms with Gasteiger partial charge in [0.25, 0.3) is 0 Å². The highest BCUT2D eigenvalue weighted by molar-refractivity contribution is 8.00. The van der Waals surface area contributed by atoms with E-state index in [4.69, 9.17) is 4.74 Å². The zero-order valence-corrected chi connectivity index (χ0v) is 19.0. The third-order valence-electron chi connectivity index (χ3n) is 4.32. The van der Waals surface area contributed by atoms with Crippen LogP contribution in [0.3, 0.4) is 0 Å². The molecule has 0 aliphatic heterocycles. The van der Waals surface area contributed by atoms with Crippen molar-refractivity contribution < 1.29 is 19.1 Å². The second-order valence-corrected chi connectivity index (χ2v) is 8.69. The second kappa shape index (κ2) is 10.3. The molecule has 2 N–H and O–H groups in total. The van der Waals surface area contributed by atoms with E-state index >= 15 is 0 Å². The lowest BCUT2D eigenvalue weighted by molar-refractivity contribution is -0.114. The third-order valence-corrected chi connectivity index (χ3v) is 6.21. The molecule has 1 heterocycles. The average molecular weight is 455 g/mol. The molecule has 2 amide bonds. The number of anilines is 2. The number of nitrogens with one attached hydrogen (secondary N) is 2. The van der Waals surface area contributed by atoms with Crippen LogP contribution in [0.4, 0.5) is 10.7 Å². The molecule has 0 aliphatic carbocycles. The molecule has 0 unspecified atom stereocenters. The Morgan fingerprint density at radius 3 is 2.48 bits per heavy atom. The standard InChI is InChI=1S/C23H22N2O4S2/c1-14-7-9-16(10-8-14)19-12-31-22(21(19)23(28)29-3)25-20(27)13-30-18-6-4-5-17(11-18)24-15(2)26/h4-12H,13H2,1-3H3,(H,24,26)(H,25,27). The lowest BCUT2D eigenvalue weighted by Crippen LogP contribution is -2.16. The molecule has 1 aromatic heterocycles. The number of amides is 2. The number of esters is 1. The highest BCUT2D eigenvalue weighted by Gasteiger charge is 2.22. The monoisotopic (exact) mass is 454 g/mol. The first-order valence-electron chi connectivity index (χ1n) is 9.44. The first-order chi connectivity index (χ1) is 14.9. The molecule has 0 spiro atoms. The molecule has 0 fully saturated rings. The Balaban J connectivity index is 1.73. The summed E-state index contributed by atoms with van der Waals surface area (Å²) in [5, 5.41) is 7.85. The largest absolute Gasteiger partial charge is 0.465 e. The molecule has 0 bridgehead atoms. The summed E-state index contributed by atoms with van der Waals surface area (Å²) in [5.41, 5.74) is 3.75. The molecule has 2 aromatic carbocycles. The highest BCUT2D eigenvalue weighted by atomic mass is 32.2. The van der Waals surface area contributed by atoms with Crippen molar-refractivity contribution in [2.45, 2.75) is 18.7 Å². The Morgan fingerprint density at radius 1 is 1.06 bits per heavy atom. The smallest absolute Gasteiger partial charge is 0.341 e. The van der Waals surface area contributed by atoms with Crippen molar-refractivity contribution in [1.82, 2.24) is 0 Å². The Morgan fingerprint density at radius 2 is 1.81 bits per heavy atom. The van der Waals surface area contributed by atoms with E-state index in [0.29, 0.717) is 16.3 Å². The van der Waals surface area contributed by atoms with Crippen molar-refractivity contribution in [3.63, 3.8) is 0 Å². The number of rotatable bonds is 7. The van der Waals surface area contributed by atoms with Crippen LogP contribution in [-0.2, 0) is 14.3 Å². The summed E-state index contributed by atoms with van der Waals surface area (Å²) >= 11 is 2.63. The van der Waals surface area contributed by atoms with E-state index in [9.17, 15) is 14.4 Å². The third kappa shape index (κ3) is 5.96. The van der Waals surface area contributed by atoms with Gasteiger partial charge in [-0.25, -0.2) is 4.79 Å². The first-order valence-corrected chi connectivity index (χ1v) is 11.3. The Hall–Kier alpha value is -3.10. The van der Waals surface area contributed by atoms with E-state index in [1.807, 2.05) is 48.7 Å². The summed E-state index contributed by atoms with van der Waals surface area (Å²) in [6, 6.07) is 15.1. The Labute approximate surface area is 189 Å².